The highest BCUT2D eigenvalue weighted by Gasteiger charge is 2.20. The van der Waals surface area contributed by atoms with Crippen LogP contribution < -0.4 is 14.8 Å². The zero-order valence-corrected chi connectivity index (χ0v) is 14.5. The first-order valence-electron chi connectivity index (χ1n) is 8.03. The molecule has 1 atom stereocenters. The number of carboxylic acid groups (broad SMARTS) is 1. The van der Waals surface area contributed by atoms with Crippen LogP contribution in [0.2, 0.25) is 0 Å². The minimum Gasteiger partial charge on any atom is -0.493 e. The summed E-state index contributed by atoms with van der Waals surface area (Å²) < 4.78 is 23.7. The topological polar surface area (TPSA) is 84.9 Å². The fourth-order valence-electron chi connectivity index (χ4n) is 2.45. The number of hydrogen-bond donors (Lipinski definition) is 2. The largest absolute Gasteiger partial charge is 0.493 e. The second-order valence-electron chi connectivity index (χ2n) is 5.47. The highest BCUT2D eigenvalue weighted by atomic mass is 19.1. The van der Waals surface area contributed by atoms with Gasteiger partial charge in [0.1, 0.15) is 5.82 Å². The van der Waals surface area contributed by atoms with Gasteiger partial charge in [0.2, 0.25) is 0 Å². The number of amides is 1. The first-order chi connectivity index (χ1) is 12.4. The van der Waals surface area contributed by atoms with Crippen LogP contribution in [-0.2, 0) is 4.79 Å². The summed E-state index contributed by atoms with van der Waals surface area (Å²) in [6.45, 7) is 2.29. The molecular weight excluding hydrogens is 341 g/mol. The predicted octanol–water partition coefficient (Wildman–Crippen LogP) is 3.18. The highest BCUT2D eigenvalue weighted by Crippen LogP contribution is 2.31. The third-order valence-corrected chi connectivity index (χ3v) is 3.68. The van der Waals surface area contributed by atoms with Crippen molar-refractivity contribution >= 4 is 11.9 Å². The third kappa shape index (κ3) is 4.95. The zero-order valence-electron chi connectivity index (χ0n) is 14.5. The van der Waals surface area contributed by atoms with Crippen LogP contribution >= 0.6 is 0 Å². The van der Waals surface area contributed by atoms with E-state index < -0.39 is 23.7 Å². The lowest BCUT2D eigenvalue weighted by Gasteiger charge is -2.19. The van der Waals surface area contributed by atoms with Crippen molar-refractivity contribution in [3.05, 3.63) is 59.4 Å². The van der Waals surface area contributed by atoms with Crippen molar-refractivity contribution in [1.29, 1.82) is 0 Å². The molecule has 1 amide bonds. The molecule has 26 heavy (non-hydrogen) atoms. The van der Waals surface area contributed by atoms with Crippen molar-refractivity contribution in [3.8, 4) is 11.5 Å². The van der Waals surface area contributed by atoms with Crippen molar-refractivity contribution < 1.29 is 28.6 Å². The van der Waals surface area contributed by atoms with Gasteiger partial charge in [0, 0.05) is 5.56 Å². The molecule has 0 fully saturated rings. The molecule has 0 aliphatic heterocycles. The van der Waals surface area contributed by atoms with Crippen LogP contribution in [-0.4, -0.2) is 30.7 Å². The molecule has 0 aliphatic carbocycles. The molecule has 2 N–H and O–H groups in total. The maximum atomic E-state index is 13.0. The molecule has 0 radical (unpaired) electrons. The maximum absolute atomic E-state index is 13.0. The standard InChI is InChI=1S/C19H20FNO5/c1-3-26-16-9-6-13(10-17(16)25-2)15(11-18(22)23)21-19(24)12-4-7-14(20)8-5-12/h4-10,15H,3,11H2,1-2H3,(H,21,24)(H,22,23). The highest BCUT2D eigenvalue weighted by molar-refractivity contribution is 5.94. The van der Waals surface area contributed by atoms with Gasteiger partial charge in [-0.05, 0) is 48.9 Å². The van der Waals surface area contributed by atoms with E-state index in [1.807, 2.05) is 6.92 Å². The van der Waals surface area contributed by atoms with E-state index in [0.717, 1.165) is 0 Å². The molecule has 0 heterocycles. The van der Waals surface area contributed by atoms with Crippen molar-refractivity contribution in [3.63, 3.8) is 0 Å². The summed E-state index contributed by atoms with van der Waals surface area (Å²) in [5.41, 5.74) is 0.794. The second kappa shape index (κ2) is 8.84. The Kier molecular flexibility index (Phi) is 6.54. The Bertz CT molecular complexity index is 776. The molecule has 7 heteroatoms. The molecule has 0 bridgehead atoms. The molecule has 2 aromatic carbocycles. The van der Waals surface area contributed by atoms with Gasteiger partial charge in [0.15, 0.2) is 11.5 Å². The molecule has 0 aliphatic rings. The monoisotopic (exact) mass is 361 g/mol. The Morgan fingerprint density at radius 3 is 2.42 bits per heavy atom. The van der Waals surface area contributed by atoms with Crippen LogP contribution in [0.15, 0.2) is 42.5 Å². The predicted molar refractivity (Wildman–Crippen MR) is 93.0 cm³/mol. The summed E-state index contributed by atoms with van der Waals surface area (Å²) in [5, 5.41) is 11.8. The van der Waals surface area contributed by atoms with Gasteiger partial charge < -0.3 is 19.9 Å². The average Bonchev–Trinajstić information content (AvgIpc) is 2.62. The number of carbonyl (C=O) groups is 2. The minimum atomic E-state index is -1.07. The Morgan fingerprint density at radius 1 is 1.15 bits per heavy atom. The fraction of sp³-hybridized carbons (Fsp3) is 0.263. The molecule has 0 saturated carbocycles. The van der Waals surface area contributed by atoms with E-state index in [1.54, 1.807) is 18.2 Å². The lowest BCUT2D eigenvalue weighted by molar-refractivity contribution is -0.137. The number of benzene rings is 2. The number of rotatable bonds is 8. The van der Waals surface area contributed by atoms with E-state index in [4.69, 9.17) is 9.47 Å². The molecule has 138 valence electrons. The lowest BCUT2D eigenvalue weighted by atomic mass is 10.0. The van der Waals surface area contributed by atoms with E-state index in [9.17, 15) is 19.1 Å². The Balaban J connectivity index is 2.27. The first kappa shape index (κ1) is 19.2. The quantitative estimate of drug-likeness (QED) is 0.754. The van der Waals surface area contributed by atoms with Gasteiger partial charge in [0.05, 0.1) is 26.2 Å². The van der Waals surface area contributed by atoms with Crippen LogP contribution in [0.25, 0.3) is 0 Å². The fourth-order valence-corrected chi connectivity index (χ4v) is 2.45. The normalized spacial score (nSPS) is 11.5. The number of carbonyl (C=O) groups excluding carboxylic acids is 1. The Hall–Kier alpha value is -3.09. The molecular formula is C19H20FNO5. The summed E-state index contributed by atoms with van der Waals surface area (Å²) >= 11 is 0. The van der Waals surface area contributed by atoms with Crippen LogP contribution in [0.4, 0.5) is 4.39 Å². The maximum Gasteiger partial charge on any atom is 0.305 e. The summed E-state index contributed by atoms with van der Waals surface area (Å²) in [7, 11) is 1.48. The van der Waals surface area contributed by atoms with Crippen LogP contribution in [0.3, 0.4) is 0 Å². The van der Waals surface area contributed by atoms with E-state index in [-0.39, 0.29) is 12.0 Å². The average molecular weight is 361 g/mol. The number of hydrogen-bond acceptors (Lipinski definition) is 4. The van der Waals surface area contributed by atoms with Crippen molar-refractivity contribution in [2.75, 3.05) is 13.7 Å². The number of halogens is 1. The van der Waals surface area contributed by atoms with Crippen molar-refractivity contribution in [1.82, 2.24) is 5.32 Å². The zero-order chi connectivity index (χ0) is 19.1. The Labute approximate surface area is 150 Å². The number of aliphatic carboxylic acids is 1. The smallest absolute Gasteiger partial charge is 0.305 e. The molecule has 0 aromatic heterocycles. The van der Waals surface area contributed by atoms with Crippen LogP contribution in [0.5, 0.6) is 11.5 Å². The van der Waals surface area contributed by atoms with Crippen molar-refractivity contribution in [2.45, 2.75) is 19.4 Å². The third-order valence-electron chi connectivity index (χ3n) is 3.68. The first-order valence-corrected chi connectivity index (χ1v) is 8.03. The number of nitrogens with one attached hydrogen (secondary N) is 1. The number of ether oxygens (including phenoxy) is 2. The van der Waals surface area contributed by atoms with Gasteiger partial charge in [-0.1, -0.05) is 6.07 Å². The molecule has 1 unspecified atom stereocenters. The van der Waals surface area contributed by atoms with Gasteiger partial charge in [-0.2, -0.15) is 0 Å². The summed E-state index contributed by atoms with van der Waals surface area (Å²) in [6.07, 6.45) is -0.315. The van der Waals surface area contributed by atoms with Gasteiger partial charge in [-0.15, -0.1) is 0 Å². The van der Waals surface area contributed by atoms with E-state index >= 15 is 0 Å². The van der Waals surface area contributed by atoms with E-state index in [2.05, 4.69) is 5.32 Å². The number of methoxy groups -OCH3 is 1. The molecule has 0 spiro atoms. The number of carboxylic acids is 1. The molecule has 6 nitrogen and oxygen atoms in total. The van der Waals surface area contributed by atoms with Gasteiger partial charge in [-0.25, -0.2) is 4.39 Å². The van der Waals surface area contributed by atoms with Gasteiger partial charge in [-0.3, -0.25) is 9.59 Å². The van der Waals surface area contributed by atoms with E-state index in [1.165, 1.54) is 31.4 Å². The Morgan fingerprint density at radius 2 is 1.85 bits per heavy atom. The molecule has 2 aromatic rings. The van der Waals surface area contributed by atoms with Crippen molar-refractivity contribution in [2.24, 2.45) is 0 Å². The van der Waals surface area contributed by atoms with E-state index in [0.29, 0.717) is 23.7 Å². The lowest BCUT2D eigenvalue weighted by Crippen LogP contribution is -2.30. The van der Waals surface area contributed by atoms with Gasteiger partial charge in [0.25, 0.3) is 5.91 Å². The molecule has 2 rings (SSSR count). The SMILES string of the molecule is CCOc1ccc(C(CC(=O)O)NC(=O)c2ccc(F)cc2)cc1OC. The van der Waals surface area contributed by atoms with Crippen LogP contribution in [0.1, 0.15) is 35.3 Å². The molecule has 0 saturated heterocycles. The summed E-state index contributed by atoms with van der Waals surface area (Å²) in [5.74, 6) is -1.06. The van der Waals surface area contributed by atoms with Gasteiger partial charge >= 0.3 is 5.97 Å². The minimum absolute atomic E-state index is 0.236. The summed E-state index contributed by atoms with van der Waals surface area (Å²) in [6, 6.07) is 9.19. The van der Waals surface area contributed by atoms with Crippen LogP contribution in [0, 0.1) is 5.82 Å². The summed E-state index contributed by atoms with van der Waals surface area (Å²) in [4.78, 5) is 23.6. The second-order valence-corrected chi connectivity index (χ2v) is 5.47.